The normalized spacial score (nSPS) is 29.3. The van der Waals surface area contributed by atoms with Gasteiger partial charge in [-0.2, -0.15) is 9.40 Å². The van der Waals surface area contributed by atoms with Crippen LogP contribution in [0.1, 0.15) is 49.8 Å². The first-order valence-corrected chi connectivity index (χ1v) is 14.6. The molecule has 0 saturated heterocycles. The molecule has 0 amide bonds. The van der Waals surface area contributed by atoms with Crippen molar-refractivity contribution in [3.05, 3.63) is 60.3 Å². The van der Waals surface area contributed by atoms with E-state index < -0.39 is 10.0 Å². The molecule has 4 bridgehead atoms. The molecule has 3 heterocycles. The van der Waals surface area contributed by atoms with E-state index in [1.165, 1.54) is 42.8 Å². The van der Waals surface area contributed by atoms with Crippen LogP contribution in [-0.4, -0.2) is 45.6 Å². The van der Waals surface area contributed by atoms with Crippen LogP contribution in [0, 0.1) is 23.2 Å². The lowest BCUT2D eigenvalue weighted by atomic mass is 9.49. The first-order chi connectivity index (χ1) is 17.5. The molecule has 1 aliphatic heterocycles. The molecule has 4 fully saturated rings. The molecule has 3 aromatic rings. The second-order valence-corrected chi connectivity index (χ2v) is 13.4. The third kappa shape index (κ3) is 3.84. The Labute approximate surface area is 212 Å². The maximum Gasteiger partial charge on any atom is 0.243 e. The van der Waals surface area contributed by atoms with Crippen molar-refractivity contribution < 1.29 is 8.42 Å². The summed E-state index contributed by atoms with van der Waals surface area (Å²) in [5.74, 6) is 3.66. The topological polar surface area (TPSA) is 93.0 Å². The second-order valence-electron chi connectivity index (χ2n) is 11.5. The van der Waals surface area contributed by atoms with E-state index in [-0.39, 0.29) is 11.4 Å². The molecule has 0 spiro atoms. The van der Waals surface area contributed by atoms with E-state index in [1.807, 2.05) is 12.3 Å². The number of benzene rings is 1. The van der Waals surface area contributed by atoms with Gasteiger partial charge in [-0.3, -0.25) is 0 Å². The van der Waals surface area contributed by atoms with E-state index in [1.54, 1.807) is 41.5 Å². The quantitative estimate of drug-likeness (QED) is 0.545. The molecule has 9 heteroatoms. The zero-order valence-electron chi connectivity index (χ0n) is 20.4. The summed E-state index contributed by atoms with van der Waals surface area (Å²) in [6.45, 7) is 1.67. The van der Waals surface area contributed by atoms with Crippen molar-refractivity contribution >= 4 is 15.8 Å². The van der Waals surface area contributed by atoms with Gasteiger partial charge in [-0.15, -0.1) is 0 Å². The maximum absolute atomic E-state index is 13.4. The van der Waals surface area contributed by atoms with Crippen molar-refractivity contribution in [2.75, 3.05) is 18.4 Å². The van der Waals surface area contributed by atoms with Gasteiger partial charge >= 0.3 is 0 Å². The van der Waals surface area contributed by atoms with Crippen molar-refractivity contribution in [3.8, 4) is 5.69 Å². The molecule has 0 radical (unpaired) electrons. The van der Waals surface area contributed by atoms with Crippen molar-refractivity contribution in [1.29, 1.82) is 0 Å². The zero-order chi connectivity index (χ0) is 24.3. The highest BCUT2D eigenvalue weighted by Gasteiger charge is 2.50. The van der Waals surface area contributed by atoms with Gasteiger partial charge in [0.2, 0.25) is 10.0 Å². The average molecular weight is 505 g/mol. The minimum atomic E-state index is -3.62. The van der Waals surface area contributed by atoms with E-state index in [0.29, 0.717) is 18.4 Å². The van der Waals surface area contributed by atoms with E-state index in [9.17, 15) is 8.42 Å². The van der Waals surface area contributed by atoms with Crippen LogP contribution in [0.4, 0.5) is 5.82 Å². The van der Waals surface area contributed by atoms with E-state index >= 15 is 0 Å². The predicted octanol–water partition coefficient (Wildman–Crippen LogP) is 4.04. The molecule has 1 aromatic carbocycles. The van der Waals surface area contributed by atoms with Crippen LogP contribution in [0.2, 0.25) is 0 Å². The van der Waals surface area contributed by atoms with Crippen LogP contribution in [0.3, 0.4) is 0 Å². The Morgan fingerprint density at radius 1 is 1.00 bits per heavy atom. The average Bonchev–Trinajstić information content (AvgIpc) is 3.42. The third-order valence-electron chi connectivity index (χ3n) is 9.01. The lowest BCUT2D eigenvalue weighted by molar-refractivity contribution is -0.0444. The summed E-state index contributed by atoms with van der Waals surface area (Å²) in [6, 6.07) is 8.71. The van der Waals surface area contributed by atoms with Gasteiger partial charge in [0.05, 0.1) is 22.8 Å². The van der Waals surface area contributed by atoms with E-state index in [2.05, 4.69) is 20.4 Å². The van der Waals surface area contributed by atoms with Gasteiger partial charge in [-0.25, -0.2) is 23.1 Å². The Bertz CT molecular complexity index is 1330. The van der Waals surface area contributed by atoms with Gasteiger partial charge in [0.25, 0.3) is 0 Å². The predicted molar refractivity (Wildman–Crippen MR) is 136 cm³/mol. The Kier molecular flexibility index (Phi) is 5.22. The molecule has 2 aromatic heterocycles. The molecular formula is C27H32N6O2S. The van der Waals surface area contributed by atoms with Gasteiger partial charge < -0.3 is 5.32 Å². The van der Waals surface area contributed by atoms with Crippen LogP contribution >= 0.6 is 0 Å². The summed E-state index contributed by atoms with van der Waals surface area (Å²) in [5.41, 5.74) is 3.12. The summed E-state index contributed by atoms with van der Waals surface area (Å²) < 4.78 is 30.1. The number of anilines is 1. The third-order valence-corrected chi connectivity index (χ3v) is 10.9. The maximum atomic E-state index is 13.4. The monoisotopic (exact) mass is 504 g/mol. The molecule has 4 aliphatic carbocycles. The zero-order valence-corrected chi connectivity index (χ0v) is 21.2. The van der Waals surface area contributed by atoms with Gasteiger partial charge in [0.1, 0.15) is 12.1 Å². The lowest BCUT2D eigenvalue weighted by Crippen LogP contribution is -2.49. The van der Waals surface area contributed by atoms with Gasteiger partial charge in [-0.1, -0.05) is 0 Å². The van der Waals surface area contributed by atoms with Gasteiger partial charge in [-0.05, 0) is 98.4 Å². The SMILES string of the molecule is O=S(=O)(c1ccc(-n2cccn2)cc1)N1CCc2c(ncnc2NCC23CC4CC(CC(C4)C2)C3)C1. The number of hydrogen-bond acceptors (Lipinski definition) is 6. The lowest BCUT2D eigenvalue weighted by Gasteiger charge is -2.57. The first kappa shape index (κ1) is 22.4. The van der Waals surface area contributed by atoms with Crippen LogP contribution in [0.25, 0.3) is 5.69 Å². The molecular weight excluding hydrogens is 472 g/mol. The molecule has 8 rings (SSSR count). The molecule has 5 aliphatic rings. The molecule has 188 valence electrons. The van der Waals surface area contributed by atoms with Crippen molar-refractivity contribution in [1.82, 2.24) is 24.1 Å². The molecule has 1 N–H and O–H groups in total. The van der Waals surface area contributed by atoms with Gasteiger partial charge in [0, 0.05) is 31.0 Å². The number of hydrogen-bond donors (Lipinski definition) is 1. The summed E-state index contributed by atoms with van der Waals surface area (Å²) in [4.78, 5) is 9.37. The standard InChI is InChI=1S/C27H32N6O2S/c34-36(35,23-4-2-22(3-5-23)33-8-1-7-31-33)32-9-6-24-25(16-32)29-18-30-26(24)28-17-27-13-19-10-20(14-27)12-21(11-19)15-27/h1-5,7-8,18-21H,6,9-17H2,(H,28,29,30). The Hall–Kier alpha value is -2.78. The molecule has 36 heavy (non-hydrogen) atoms. The number of aromatic nitrogens is 4. The summed E-state index contributed by atoms with van der Waals surface area (Å²) in [6.07, 6.45) is 14.1. The Morgan fingerprint density at radius 2 is 1.72 bits per heavy atom. The number of fused-ring (bicyclic) bond motifs is 1. The van der Waals surface area contributed by atoms with Crippen molar-refractivity contribution in [2.45, 2.75) is 56.4 Å². The van der Waals surface area contributed by atoms with E-state index in [0.717, 1.165) is 47.1 Å². The van der Waals surface area contributed by atoms with Crippen molar-refractivity contribution in [2.24, 2.45) is 23.2 Å². The number of rotatable bonds is 6. The summed E-state index contributed by atoms with van der Waals surface area (Å²) in [7, 11) is -3.62. The fraction of sp³-hybridized carbons (Fsp3) is 0.519. The number of sulfonamides is 1. The smallest absolute Gasteiger partial charge is 0.243 e. The summed E-state index contributed by atoms with van der Waals surface area (Å²) in [5, 5.41) is 7.91. The largest absolute Gasteiger partial charge is 0.369 e. The highest BCUT2D eigenvalue weighted by atomic mass is 32.2. The highest BCUT2D eigenvalue weighted by Crippen LogP contribution is 2.60. The fourth-order valence-electron chi connectivity index (χ4n) is 7.81. The molecule has 4 saturated carbocycles. The Morgan fingerprint density at radius 3 is 2.39 bits per heavy atom. The van der Waals surface area contributed by atoms with Crippen LogP contribution in [-0.2, 0) is 23.0 Å². The molecule has 8 nitrogen and oxygen atoms in total. The number of nitrogens with zero attached hydrogens (tertiary/aromatic N) is 5. The minimum absolute atomic E-state index is 0.271. The molecule has 0 unspecified atom stereocenters. The van der Waals surface area contributed by atoms with E-state index in [4.69, 9.17) is 0 Å². The fourth-order valence-corrected chi connectivity index (χ4v) is 9.21. The van der Waals surface area contributed by atoms with Crippen LogP contribution in [0.5, 0.6) is 0 Å². The second kappa shape index (κ2) is 8.38. The minimum Gasteiger partial charge on any atom is -0.369 e. The van der Waals surface area contributed by atoms with Gasteiger partial charge in [0.15, 0.2) is 0 Å². The molecule has 0 atom stereocenters. The number of nitrogens with one attached hydrogen (secondary N) is 1. The van der Waals surface area contributed by atoms with Crippen molar-refractivity contribution in [3.63, 3.8) is 0 Å². The highest BCUT2D eigenvalue weighted by molar-refractivity contribution is 7.89. The Balaban J connectivity index is 1.07. The first-order valence-electron chi connectivity index (χ1n) is 13.1. The van der Waals surface area contributed by atoms with Crippen LogP contribution in [0.15, 0.2) is 53.9 Å². The summed E-state index contributed by atoms with van der Waals surface area (Å²) >= 11 is 0. The van der Waals surface area contributed by atoms with Crippen LogP contribution < -0.4 is 5.32 Å².